The zero-order chi connectivity index (χ0) is 10.8. The summed E-state index contributed by atoms with van der Waals surface area (Å²) in [6.45, 7) is 3.42. The van der Waals surface area contributed by atoms with Gasteiger partial charge >= 0.3 is 6.18 Å². The summed E-state index contributed by atoms with van der Waals surface area (Å²) in [5.74, 6) is -1.79. The normalized spacial score (nSPS) is 23.4. The third-order valence-electron chi connectivity index (χ3n) is 2.37. The van der Waals surface area contributed by atoms with Gasteiger partial charge in [-0.15, -0.1) is 0 Å². The molecule has 14 heavy (non-hydrogen) atoms. The van der Waals surface area contributed by atoms with Crippen LogP contribution in [0.5, 0.6) is 0 Å². The molecule has 0 aliphatic carbocycles. The van der Waals surface area contributed by atoms with E-state index in [4.69, 9.17) is 0 Å². The van der Waals surface area contributed by atoms with E-state index < -0.39 is 18.0 Å². The minimum Gasteiger partial charge on any atom is -0.339 e. The van der Waals surface area contributed by atoms with Crippen molar-refractivity contribution < 1.29 is 18.0 Å². The molecule has 1 amide bonds. The van der Waals surface area contributed by atoms with Gasteiger partial charge in [-0.2, -0.15) is 13.2 Å². The van der Waals surface area contributed by atoms with Gasteiger partial charge in [0.25, 0.3) is 0 Å². The van der Waals surface area contributed by atoms with Crippen molar-refractivity contribution in [3.8, 4) is 0 Å². The zero-order valence-electron chi connectivity index (χ0n) is 7.68. The Labute approximate surface area is 80.4 Å². The van der Waals surface area contributed by atoms with Crippen molar-refractivity contribution in [2.45, 2.75) is 19.0 Å². The molecule has 0 aromatic rings. The van der Waals surface area contributed by atoms with E-state index in [0.29, 0.717) is 13.0 Å². The summed E-state index contributed by atoms with van der Waals surface area (Å²) in [5.41, 5.74) is 0. The number of halogens is 3. The van der Waals surface area contributed by atoms with Crippen LogP contribution in [0.2, 0.25) is 0 Å². The highest BCUT2D eigenvalue weighted by Crippen LogP contribution is 2.33. The van der Waals surface area contributed by atoms with E-state index in [-0.39, 0.29) is 13.0 Å². The largest absolute Gasteiger partial charge is 0.393 e. The van der Waals surface area contributed by atoms with Crippen molar-refractivity contribution in [2.75, 3.05) is 13.1 Å². The first-order valence-electron chi connectivity index (χ1n) is 4.43. The van der Waals surface area contributed by atoms with E-state index in [1.165, 1.54) is 4.90 Å². The summed E-state index contributed by atoms with van der Waals surface area (Å²) in [7, 11) is 0. The second-order valence-corrected chi connectivity index (χ2v) is 3.37. The molecule has 1 saturated heterocycles. The summed E-state index contributed by atoms with van der Waals surface area (Å²) < 4.78 is 37.0. The number of hydrogen-bond acceptors (Lipinski definition) is 1. The summed E-state index contributed by atoms with van der Waals surface area (Å²) in [4.78, 5) is 12.3. The van der Waals surface area contributed by atoms with Crippen molar-refractivity contribution >= 4 is 5.91 Å². The van der Waals surface area contributed by atoms with Crippen molar-refractivity contribution in [1.82, 2.24) is 4.90 Å². The first-order chi connectivity index (χ1) is 6.45. The molecule has 1 fully saturated rings. The van der Waals surface area contributed by atoms with Crippen molar-refractivity contribution in [3.63, 3.8) is 0 Å². The van der Waals surface area contributed by atoms with Gasteiger partial charge in [0.15, 0.2) is 0 Å². The van der Waals surface area contributed by atoms with Gasteiger partial charge in [0.05, 0.1) is 5.92 Å². The number of carbonyl (C=O) groups is 1. The Hall–Kier alpha value is -1.00. The fraction of sp³-hybridized carbons (Fsp3) is 0.667. The summed E-state index contributed by atoms with van der Waals surface area (Å²) >= 11 is 0. The second-order valence-electron chi connectivity index (χ2n) is 3.37. The molecule has 0 radical (unpaired) electrons. The molecule has 0 unspecified atom stereocenters. The first kappa shape index (κ1) is 11.1. The van der Waals surface area contributed by atoms with Crippen LogP contribution in [0.3, 0.4) is 0 Å². The number of alkyl halides is 3. The van der Waals surface area contributed by atoms with E-state index in [0.717, 1.165) is 6.08 Å². The minimum absolute atomic E-state index is 0.115. The van der Waals surface area contributed by atoms with Crippen molar-refractivity contribution in [1.29, 1.82) is 0 Å². The van der Waals surface area contributed by atoms with E-state index >= 15 is 0 Å². The summed E-state index contributed by atoms with van der Waals surface area (Å²) in [6.07, 6.45) is -2.62. The molecule has 0 aromatic carbocycles. The van der Waals surface area contributed by atoms with Crippen LogP contribution in [0.25, 0.3) is 0 Å². The van der Waals surface area contributed by atoms with Crippen LogP contribution in [0.1, 0.15) is 12.8 Å². The van der Waals surface area contributed by atoms with Gasteiger partial charge in [0.1, 0.15) is 0 Å². The Kier molecular flexibility index (Phi) is 3.18. The van der Waals surface area contributed by atoms with Gasteiger partial charge < -0.3 is 4.90 Å². The van der Waals surface area contributed by atoms with Crippen LogP contribution in [0, 0.1) is 5.92 Å². The number of piperidine rings is 1. The maximum atomic E-state index is 12.3. The van der Waals surface area contributed by atoms with Crippen molar-refractivity contribution in [3.05, 3.63) is 12.7 Å². The van der Waals surface area contributed by atoms with E-state index in [1.807, 2.05) is 0 Å². The van der Waals surface area contributed by atoms with Crippen LogP contribution >= 0.6 is 0 Å². The lowest BCUT2D eigenvalue weighted by molar-refractivity contribution is -0.187. The second kappa shape index (κ2) is 4.02. The quantitative estimate of drug-likeness (QED) is 0.602. The number of nitrogens with zero attached hydrogens (tertiary/aromatic N) is 1. The minimum atomic E-state index is -4.19. The maximum absolute atomic E-state index is 12.3. The van der Waals surface area contributed by atoms with Crippen molar-refractivity contribution in [2.24, 2.45) is 5.92 Å². The Morgan fingerprint density at radius 3 is 2.64 bits per heavy atom. The van der Waals surface area contributed by atoms with Gasteiger partial charge in [-0.3, -0.25) is 4.79 Å². The topological polar surface area (TPSA) is 20.3 Å². The molecular formula is C9H12F3NO. The standard InChI is InChI=1S/C9H12F3NO/c1-2-8(14)13-5-3-4-7(6-13)9(10,11)12/h2,7H,1,3-6H2/t7-/m0/s1. The van der Waals surface area contributed by atoms with Gasteiger partial charge in [-0.05, 0) is 18.9 Å². The average molecular weight is 207 g/mol. The molecule has 0 saturated carbocycles. The number of likely N-dealkylation sites (tertiary alicyclic amines) is 1. The van der Waals surface area contributed by atoms with Crippen LogP contribution in [-0.4, -0.2) is 30.1 Å². The molecule has 0 bridgehead atoms. The van der Waals surface area contributed by atoms with Gasteiger partial charge in [-0.1, -0.05) is 6.58 Å². The van der Waals surface area contributed by atoms with Gasteiger partial charge in [-0.25, -0.2) is 0 Å². The molecule has 1 atom stereocenters. The average Bonchev–Trinajstić information content (AvgIpc) is 2.15. The molecule has 5 heteroatoms. The van der Waals surface area contributed by atoms with E-state index in [9.17, 15) is 18.0 Å². The molecule has 80 valence electrons. The highest BCUT2D eigenvalue weighted by Gasteiger charge is 2.42. The Balaban J connectivity index is 2.60. The van der Waals surface area contributed by atoms with E-state index in [2.05, 4.69) is 6.58 Å². The monoisotopic (exact) mass is 207 g/mol. The molecule has 1 rings (SSSR count). The number of rotatable bonds is 1. The van der Waals surface area contributed by atoms with E-state index in [1.54, 1.807) is 0 Å². The Bertz CT molecular complexity index is 237. The lowest BCUT2D eigenvalue weighted by atomic mass is 9.97. The first-order valence-corrected chi connectivity index (χ1v) is 4.43. The fourth-order valence-electron chi connectivity index (χ4n) is 1.57. The molecule has 2 nitrogen and oxygen atoms in total. The molecule has 1 heterocycles. The smallest absolute Gasteiger partial charge is 0.339 e. The van der Waals surface area contributed by atoms with Gasteiger partial charge in [0.2, 0.25) is 5.91 Å². The molecule has 1 aliphatic rings. The predicted molar refractivity (Wildman–Crippen MR) is 45.6 cm³/mol. The maximum Gasteiger partial charge on any atom is 0.393 e. The molecule has 0 spiro atoms. The third kappa shape index (κ3) is 2.49. The highest BCUT2D eigenvalue weighted by atomic mass is 19.4. The lowest BCUT2D eigenvalue weighted by Crippen LogP contribution is -2.43. The SMILES string of the molecule is C=CC(=O)N1CCC[C@H](C(F)(F)F)C1. The predicted octanol–water partition coefficient (Wildman–Crippen LogP) is 1.97. The number of amides is 1. The summed E-state index contributed by atoms with van der Waals surface area (Å²) in [5, 5.41) is 0. The van der Waals surface area contributed by atoms with Crippen LogP contribution in [0.4, 0.5) is 13.2 Å². The van der Waals surface area contributed by atoms with Crippen LogP contribution < -0.4 is 0 Å². The fourth-order valence-corrected chi connectivity index (χ4v) is 1.57. The number of hydrogen-bond donors (Lipinski definition) is 0. The molecule has 0 aromatic heterocycles. The molecule has 0 N–H and O–H groups in total. The van der Waals surface area contributed by atoms with Crippen LogP contribution in [0.15, 0.2) is 12.7 Å². The number of carbonyl (C=O) groups excluding carboxylic acids is 1. The Morgan fingerprint density at radius 1 is 1.50 bits per heavy atom. The molecular weight excluding hydrogens is 195 g/mol. The highest BCUT2D eigenvalue weighted by molar-refractivity contribution is 5.87. The summed E-state index contributed by atoms with van der Waals surface area (Å²) in [6, 6.07) is 0. The third-order valence-corrected chi connectivity index (χ3v) is 2.37. The van der Waals surface area contributed by atoms with Gasteiger partial charge in [0, 0.05) is 13.1 Å². The lowest BCUT2D eigenvalue weighted by Gasteiger charge is -2.33. The van der Waals surface area contributed by atoms with Crippen LogP contribution in [-0.2, 0) is 4.79 Å². The molecule has 1 aliphatic heterocycles. The Morgan fingerprint density at radius 2 is 2.14 bits per heavy atom. The zero-order valence-corrected chi connectivity index (χ0v) is 7.68.